The normalized spacial score (nSPS) is 12.6. The topological polar surface area (TPSA) is 38.3 Å². The fourth-order valence-corrected chi connectivity index (χ4v) is 1.78. The van der Waals surface area contributed by atoms with Crippen molar-refractivity contribution in [1.82, 2.24) is 5.48 Å². The highest BCUT2D eigenvalue weighted by Gasteiger charge is 2.23. The average molecular weight is 221 g/mol. The van der Waals surface area contributed by atoms with Crippen molar-refractivity contribution in [3.63, 3.8) is 0 Å². The van der Waals surface area contributed by atoms with Gasteiger partial charge in [0, 0.05) is 0 Å². The third kappa shape index (κ3) is 3.07. The molecule has 0 fully saturated rings. The van der Waals surface area contributed by atoms with Gasteiger partial charge in [-0.2, -0.15) is 0 Å². The Bertz CT molecular complexity index is 343. The lowest BCUT2D eigenvalue weighted by molar-refractivity contribution is -0.133. The molecule has 1 rings (SSSR count). The number of rotatable bonds is 4. The Labute approximate surface area is 96.8 Å². The van der Waals surface area contributed by atoms with Gasteiger partial charge < -0.3 is 0 Å². The van der Waals surface area contributed by atoms with E-state index < -0.39 is 0 Å². The molecule has 3 heteroatoms. The number of carbonyl (C=O) groups excluding carboxylic acids is 1. The Morgan fingerprint density at radius 3 is 2.25 bits per heavy atom. The maximum Gasteiger partial charge on any atom is 0.251 e. The molecule has 0 saturated carbocycles. The van der Waals surface area contributed by atoms with E-state index in [0.717, 1.165) is 5.56 Å². The maximum atomic E-state index is 11.8. The van der Waals surface area contributed by atoms with Gasteiger partial charge in [0.15, 0.2) is 0 Å². The van der Waals surface area contributed by atoms with Gasteiger partial charge >= 0.3 is 0 Å². The zero-order valence-electron chi connectivity index (χ0n) is 10.3. The minimum absolute atomic E-state index is 0.0960. The molecule has 1 amide bonds. The quantitative estimate of drug-likeness (QED) is 0.793. The SMILES string of the molecule is CONC(=O)C(c1ccc(C)cc1)C(C)C. The molecule has 1 N–H and O–H groups in total. The van der Waals surface area contributed by atoms with Crippen LogP contribution in [0.5, 0.6) is 0 Å². The summed E-state index contributed by atoms with van der Waals surface area (Å²) in [5, 5.41) is 0. The van der Waals surface area contributed by atoms with E-state index in [4.69, 9.17) is 0 Å². The fourth-order valence-electron chi connectivity index (χ4n) is 1.78. The average Bonchev–Trinajstić information content (AvgIpc) is 2.21. The summed E-state index contributed by atoms with van der Waals surface area (Å²) in [6.07, 6.45) is 0. The number of hydrogen-bond acceptors (Lipinski definition) is 2. The van der Waals surface area contributed by atoms with Crippen molar-refractivity contribution < 1.29 is 9.63 Å². The summed E-state index contributed by atoms with van der Waals surface area (Å²) in [6.45, 7) is 6.09. The fraction of sp³-hybridized carbons (Fsp3) is 0.462. The molecule has 0 bridgehead atoms. The minimum atomic E-state index is -0.166. The van der Waals surface area contributed by atoms with E-state index >= 15 is 0 Å². The molecule has 0 heterocycles. The first kappa shape index (κ1) is 12.7. The van der Waals surface area contributed by atoms with Crippen LogP contribution in [0.1, 0.15) is 30.9 Å². The first-order valence-corrected chi connectivity index (χ1v) is 5.45. The van der Waals surface area contributed by atoms with Crippen LogP contribution in [-0.2, 0) is 9.63 Å². The first-order valence-electron chi connectivity index (χ1n) is 5.45. The molecule has 1 unspecified atom stereocenters. The highest BCUT2D eigenvalue weighted by molar-refractivity contribution is 5.83. The Kier molecular flexibility index (Phi) is 4.50. The molecule has 16 heavy (non-hydrogen) atoms. The second-order valence-corrected chi connectivity index (χ2v) is 4.30. The van der Waals surface area contributed by atoms with E-state index in [-0.39, 0.29) is 17.7 Å². The van der Waals surface area contributed by atoms with Gasteiger partial charge in [0.25, 0.3) is 5.91 Å². The Hall–Kier alpha value is -1.35. The molecule has 1 aromatic rings. The third-order valence-electron chi connectivity index (χ3n) is 2.59. The highest BCUT2D eigenvalue weighted by Crippen LogP contribution is 2.24. The van der Waals surface area contributed by atoms with Crippen LogP contribution < -0.4 is 5.48 Å². The first-order chi connectivity index (χ1) is 7.56. The summed E-state index contributed by atoms with van der Waals surface area (Å²) in [5.74, 6) is -0.0280. The van der Waals surface area contributed by atoms with Gasteiger partial charge in [0.05, 0.1) is 13.0 Å². The van der Waals surface area contributed by atoms with Gasteiger partial charge in [-0.05, 0) is 18.4 Å². The monoisotopic (exact) mass is 221 g/mol. The predicted octanol–water partition coefficient (Wildman–Crippen LogP) is 2.41. The summed E-state index contributed by atoms with van der Waals surface area (Å²) < 4.78 is 0. The van der Waals surface area contributed by atoms with Crippen LogP contribution in [-0.4, -0.2) is 13.0 Å². The molecule has 0 spiro atoms. The van der Waals surface area contributed by atoms with Crippen molar-refractivity contribution in [1.29, 1.82) is 0 Å². The van der Waals surface area contributed by atoms with Crippen LogP contribution >= 0.6 is 0 Å². The van der Waals surface area contributed by atoms with Crippen LogP contribution in [0.3, 0.4) is 0 Å². The molecule has 0 aliphatic rings. The largest absolute Gasteiger partial charge is 0.277 e. The summed E-state index contributed by atoms with van der Waals surface area (Å²) in [4.78, 5) is 16.5. The molecule has 0 radical (unpaired) electrons. The highest BCUT2D eigenvalue weighted by atomic mass is 16.6. The van der Waals surface area contributed by atoms with E-state index in [9.17, 15) is 4.79 Å². The lowest BCUT2D eigenvalue weighted by atomic mass is 9.87. The second kappa shape index (κ2) is 5.66. The van der Waals surface area contributed by atoms with Crippen LogP contribution in [0.15, 0.2) is 24.3 Å². The van der Waals surface area contributed by atoms with Crippen molar-refractivity contribution in [3.05, 3.63) is 35.4 Å². The predicted molar refractivity (Wildman–Crippen MR) is 63.9 cm³/mol. The van der Waals surface area contributed by atoms with Crippen molar-refractivity contribution in [3.8, 4) is 0 Å². The number of carbonyl (C=O) groups is 1. The standard InChI is InChI=1S/C13H19NO2/c1-9(2)12(13(15)14-16-4)11-7-5-10(3)6-8-11/h5-9,12H,1-4H3,(H,14,15). The molecule has 0 saturated heterocycles. The molecular weight excluding hydrogens is 202 g/mol. The van der Waals surface area contributed by atoms with E-state index in [1.807, 2.05) is 45.0 Å². The molecule has 0 aromatic heterocycles. The number of benzene rings is 1. The lowest BCUT2D eigenvalue weighted by Crippen LogP contribution is -2.31. The van der Waals surface area contributed by atoms with Gasteiger partial charge in [0.2, 0.25) is 0 Å². The molecule has 0 aliphatic carbocycles. The zero-order chi connectivity index (χ0) is 12.1. The van der Waals surface area contributed by atoms with E-state index in [0.29, 0.717) is 0 Å². The van der Waals surface area contributed by atoms with Gasteiger partial charge in [0.1, 0.15) is 0 Å². The van der Waals surface area contributed by atoms with Gasteiger partial charge in [-0.1, -0.05) is 43.7 Å². The van der Waals surface area contributed by atoms with Crippen molar-refractivity contribution >= 4 is 5.91 Å². The Balaban J connectivity index is 2.93. The number of nitrogens with one attached hydrogen (secondary N) is 1. The van der Waals surface area contributed by atoms with Crippen LogP contribution in [0, 0.1) is 12.8 Å². The van der Waals surface area contributed by atoms with Gasteiger partial charge in [-0.3, -0.25) is 9.63 Å². The summed E-state index contributed by atoms with van der Waals surface area (Å²) in [5.41, 5.74) is 4.62. The third-order valence-corrected chi connectivity index (χ3v) is 2.59. The number of aryl methyl sites for hydroxylation is 1. The smallest absolute Gasteiger partial charge is 0.251 e. The summed E-state index contributed by atoms with van der Waals surface area (Å²) in [6, 6.07) is 8.03. The Morgan fingerprint density at radius 1 is 1.25 bits per heavy atom. The lowest BCUT2D eigenvalue weighted by Gasteiger charge is -2.20. The minimum Gasteiger partial charge on any atom is -0.277 e. The molecule has 0 aliphatic heterocycles. The number of hydrogen-bond donors (Lipinski definition) is 1. The Morgan fingerprint density at radius 2 is 1.81 bits per heavy atom. The van der Waals surface area contributed by atoms with Crippen LogP contribution in [0.2, 0.25) is 0 Å². The van der Waals surface area contributed by atoms with Crippen molar-refractivity contribution in [2.75, 3.05) is 7.11 Å². The number of amides is 1. The number of hydroxylamine groups is 1. The molecule has 3 nitrogen and oxygen atoms in total. The summed E-state index contributed by atoms with van der Waals surface area (Å²) in [7, 11) is 1.45. The molecule has 1 atom stereocenters. The zero-order valence-corrected chi connectivity index (χ0v) is 10.3. The molecule has 1 aromatic carbocycles. The van der Waals surface area contributed by atoms with E-state index in [1.165, 1.54) is 12.7 Å². The van der Waals surface area contributed by atoms with E-state index in [1.54, 1.807) is 0 Å². The molecular formula is C13H19NO2. The van der Waals surface area contributed by atoms with Crippen molar-refractivity contribution in [2.24, 2.45) is 5.92 Å². The maximum absolute atomic E-state index is 11.8. The van der Waals surface area contributed by atoms with Crippen LogP contribution in [0.25, 0.3) is 0 Å². The van der Waals surface area contributed by atoms with Crippen LogP contribution in [0.4, 0.5) is 0 Å². The second-order valence-electron chi connectivity index (χ2n) is 4.30. The van der Waals surface area contributed by atoms with Crippen molar-refractivity contribution in [2.45, 2.75) is 26.7 Å². The molecule has 88 valence electrons. The van der Waals surface area contributed by atoms with Gasteiger partial charge in [-0.25, -0.2) is 5.48 Å². The summed E-state index contributed by atoms with van der Waals surface area (Å²) >= 11 is 0. The van der Waals surface area contributed by atoms with Gasteiger partial charge in [-0.15, -0.1) is 0 Å². The van der Waals surface area contributed by atoms with E-state index in [2.05, 4.69) is 10.3 Å².